The summed E-state index contributed by atoms with van der Waals surface area (Å²) in [6, 6.07) is 8.30. The summed E-state index contributed by atoms with van der Waals surface area (Å²) < 4.78 is 61.1. The van der Waals surface area contributed by atoms with Crippen LogP contribution < -0.4 is 10.6 Å². The maximum atomic E-state index is 10.9. The van der Waals surface area contributed by atoms with Crippen molar-refractivity contribution in [3.63, 3.8) is 0 Å². The average molecular weight is 485 g/mol. The van der Waals surface area contributed by atoms with Crippen molar-refractivity contribution in [1.29, 1.82) is 0 Å². The Labute approximate surface area is 190 Å². The van der Waals surface area contributed by atoms with Crippen molar-refractivity contribution < 1.29 is 25.9 Å². The van der Waals surface area contributed by atoms with E-state index in [1.165, 1.54) is 0 Å². The predicted octanol–water partition coefficient (Wildman–Crippen LogP) is 3.97. The Morgan fingerprint density at radius 1 is 0.625 bits per heavy atom. The molecule has 0 aliphatic rings. The van der Waals surface area contributed by atoms with Crippen LogP contribution >= 0.6 is 0 Å². The molecule has 2 aromatic rings. The second-order valence-corrected chi connectivity index (χ2v) is 11.2. The van der Waals surface area contributed by atoms with Crippen molar-refractivity contribution in [1.82, 2.24) is 0 Å². The molecule has 0 fully saturated rings. The molecule has 32 heavy (non-hydrogen) atoms. The number of hydrogen-bond donors (Lipinski definition) is 4. The van der Waals surface area contributed by atoms with Gasteiger partial charge in [0.15, 0.2) is 0 Å². The van der Waals surface area contributed by atoms with Gasteiger partial charge in [-0.2, -0.15) is 16.8 Å². The third-order valence-corrected chi connectivity index (χ3v) is 6.77. The van der Waals surface area contributed by atoms with E-state index in [1.54, 1.807) is 0 Å². The first-order valence-corrected chi connectivity index (χ1v) is 13.6. The Kier molecular flexibility index (Phi) is 8.69. The molecule has 10 heteroatoms. The molecule has 2 rings (SSSR count). The molecule has 4 N–H and O–H groups in total. The Balaban J connectivity index is 2.14. The first-order valence-electron chi connectivity index (χ1n) is 10.4. The van der Waals surface area contributed by atoms with E-state index in [0.29, 0.717) is 25.9 Å². The Morgan fingerprint density at radius 2 is 0.906 bits per heavy atom. The summed E-state index contributed by atoms with van der Waals surface area (Å²) in [6.45, 7) is 8.85. The lowest BCUT2D eigenvalue weighted by atomic mass is 9.95. The molecule has 0 saturated heterocycles. The van der Waals surface area contributed by atoms with Crippen molar-refractivity contribution >= 4 is 31.6 Å². The highest BCUT2D eigenvalue weighted by Gasteiger charge is 2.11. The van der Waals surface area contributed by atoms with Gasteiger partial charge in [-0.1, -0.05) is 0 Å². The third kappa shape index (κ3) is 8.09. The molecule has 0 bridgehead atoms. The molecule has 0 spiro atoms. The normalized spacial score (nSPS) is 12.1. The second kappa shape index (κ2) is 10.7. The lowest BCUT2D eigenvalue weighted by molar-refractivity contribution is 0.479. The highest BCUT2D eigenvalue weighted by molar-refractivity contribution is 7.86. The van der Waals surface area contributed by atoms with Crippen molar-refractivity contribution in [2.24, 2.45) is 0 Å². The van der Waals surface area contributed by atoms with Crippen LogP contribution in [0.25, 0.3) is 11.1 Å². The largest absolute Gasteiger partial charge is 0.385 e. The van der Waals surface area contributed by atoms with Gasteiger partial charge >= 0.3 is 0 Å². The zero-order chi connectivity index (χ0) is 24.1. The summed E-state index contributed by atoms with van der Waals surface area (Å²) in [6.07, 6.45) is 0.632. The Hall–Kier alpha value is -2.14. The van der Waals surface area contributed by atoms with E-state index in [9.17, 15) is 16.8 Å². The zero-order valence-corrected chi connectivity index (χ0v) is 20.5. The van der Waals surface area contributed by atoms with E-state index in [0.717, 1.165) is 44.8 Å². The summed E-state index contributed by atoms with van der Waals surface area (Å²) >= 11 is 0. The highest BCUT2D eigenvalue weighted by atomic mass is 32.2. The number of rotatable bonds is 11. The lowest BCUT2D eigenvalue weighted by Crippen LogP contribution is -2.11. The molecule has 178 valence electrons. The Bertz CT molecular complexity index is 1040. The molecule has 0 aliphatic heterocycles. The monoisotopic (exact) mass is 484 g/mol. The maximum Gasteiger partial charge on any atom is 0.264 e. The van der Waals surface area contributed by atoms with Gasteiger partial charge < -0.3 is 10.6 Å². The minimum Gasteiger partial charge on any atom is -0.385 e. The van der Waals surface area contributed by atoms with E-state index in [1.807, 2.05) is 27.7 Å². The van der Waals surface area contributed by atoms with E-state index in [4.69, 9.17) is 9.11 Å². The fraction of sp³-hybridized carbons (Fsp3) is 0.455. The summed E-state index contributed by atoms with van der Waals surface area (Å²) in [5.74, 6) is -0.546. The number of hydrogen-bond acceptors (Lipinski definition) is 6. The van der Waals surface area contributed by atoms with Gasteiger partial charge in [0, 0.05) is 24.5 Å². The molecule has 0 heterocycles. The molecule has 0 amide bonds. The molecule has 0 atom stereocenters. The van der Waals surface area contributed by atoms with Gasteiger partial charge in [0.25, 0.3) is 20.2 Å². The lowest BCUT2D eigenvalue weighted by Gasteiger charge is -2.17. The fourth-order valence-electron chi connectivity index (χ4n) is 3.75. The first-order chi connectivity index (χ1) is 14.8. The van der Waals surface area contributed by atoms with Crippen LogP contribution in [0, 0.1) is 27.7 Å². The van der Waals surface area contributed by atoms with Gasteiger partial charge in [-0.3, -0.25) is 9.11 Å². The van der Waals surface area contributed by atoms with E-state index in [2.05, 4.69) is 34.9 Å². The van der Waals surface area contributed by atoms with Gasteiger partial charge in [0.1, 0.15) is 0 Å². The summed E-state index contributed by atoms with van der Waals surface area (Å²) in [4.78, 5) is 0. The van der Waals surface area contributed by atoms with Crippen LogP contribution in [0.2, 0.25) is 0 Å². The van der Waals surface area contributed by atoms with Gasteiger partial charge in [0.2, 0.25) is 0 Å². The molecule has 2 aromatic carbocycles. The van der Waals surface area contributed by atoms with Crippen LogP contribution in [0.5, 0.6) is 0 Å². The van der Waals surface area contributed by atoms with Gasteiger partial charge in [0.05, 0.1) is 11.5 Å². The van der Waals surface area contributed by atoms with Crippen LogP contribution in [-0.4, -0.2) is 50.5 Å². The quantitative estimate of drug-likeness (QED) is 0.278. The van der Waals surface area contributed by atoms with Gasteiger partial charge in [-0.05, 0) is 98.2 Å². The molecule has 0 aliphatic carbocycles. The number of aryl methyl sites for hydroxylation is 4. The number of anilines is 2. The minimum atomic E-state index is -3.95. The molecular formula is C22H32N2O6S2. The molecule has 0 radical (unpaired) electrons. The molecule has 0 aromatic heterocycles. The maximum absolute atomic E-state index is 10.9. The van der Waals surface area contributed by atoms with Crippen LogP contribution in [-0.2, 0) is 20.2 Å². The van der Waals surface area contributed by atoms with Crippen LogP contribution in [0.4, 0.5) is 11.4 Å². The second-order valence-electron chi connectivity index (χ2n) is 8.10. The number of benzene rings is 2. The first kappa shape index (κ1) is 26.1. The number of nitrogens with one attached hydrogen (secondary N) is 2. The van der Waals surface area contributed by atoms with Crippen LogP contribution in [0.1, 0.15) is 35.1 Å². The summed E-state index contributed by atoms with van der Waals surface area (Å²) in [5, 5.41) is 6.51. The molecular weight excluding hydrogens is 452 g/mol. The Morgan fingerprint density at radius 3 is 1.16 bits per heavy atom. The predicted molar refractivity (Wildman–Crippen MR) is 130 cm³/mol. The molecule has 0 unspecified atom stereocenters. The SMILES string of the molecule is Cc1cc(-c2cc(C)c(NCCCS(=O)(=O)O)c(C)c2)cc(C)c1NCCCS(=O)(=O)O. The zero-order valence-electron chi connectivity index (χ0n) is 18.9. The van der Waals surface area contributed by atoms with Crippen molar-refractivity contribution in [3.05, 3.63) is 46.5 Å². The van der Waals surface area contributed by atoms with Crippen LogP contribution in [0.3, 0.4) is 0 Å². The van der Waals surface area contributed by atoms with Gasteiger partial charge in [-0.15, -0.1) is 0 Å². The fourth-order valence-corrected chi connectivity index (χ4v) is 4.77. The van der Waals surface area contributed by atoms with Crippen molar-refractivity contribution in [2.75, 3.05) is 35.2 Å². The summed E-state index contributed by atoms with van der Waals surface area (Å²) in [5.41, 5.74) is 8.18. The minimum absolute atomic E-state index is 0.273. The van der Waals surface area contributed by atoms with Crippen LogP contribution in [0.15, 0.2) is 24.3 Å². The molecule has 8 nitrogen and oxygen atoms in total. The smallest absolute Gasteiger partial charge is 0.264 e. The van der Waals surface area contributed by atoms with E-state index < -0.39 is 20.2 Å². The average Bonchev–Trinajstić information content (AvgIpc) is 2.63. The summed E-state index contributed by atoms with van der Waals surface area (Å²) in [7, 11) is -7.90. The van der Waals surface area contributed by atoms with E-state index >= 15 is 0 Å². The molecule has 0 saturated carbocycles. The van der Waals surface area contributed by atoms with Gasteiger partial charge in [-0.25, -0.2) is 0 Å². The highest BCUT2D eigenvalue weighted by Crippen LogP contribution is 2.32. The standard InChI is InChI=1S/C22H32N2O6S2/c1-15-11-19(12-16(2)21(15)23-7-5-9-31(25,26)27)20-13-17(3)22(18(4)14-20)24-8-6-10-32(28,29)30/h11-14,23-24H,5-10H2,1-4H3,(H,25,26,27)(H,28,29,30). The van der Waals surface area contributed by atoms with E-state index in [-0.39, 0.29) is 11.5 Å². The van der Waals surface area contributed by atoms with Crippen molar-refractivity contribution in [2.45, 2.75) is 40.5 Å². The van der Waals surface area contributed by atoms with Crippen molar-refractivity contribution in [3.8, 4) is 11.1 Å². The third-order valence-electron chi connectivity index (χ3n) is 5.16. The topological polar surface area (TPSA) is 133 Å².